The Balaban J connectivity index is 2.01. The van der Waals surface area contributed by atoms with E-state index in [0.717, 1.165) is 32.1 Å². The van der Waals surface area contributed by atoms with Crippen molar-refractivity contribution in [2.24, 2.45) is 5.92 Å². The highest BCUT2D eigenvalue weighted by atomic mass is 19.1. The molecule has 0 radical (unpaired) electrons. The molecule has 1 aliphatic heterocycles. The largest absolute Gasteiger partial charge is 0.317 e. The van der Waals surface area contributed by atoms with Crippen molar-refractivity contribution in [3.05, 3.63) is 35.6 Å². The Morgan fingerprint density at radius 2 is 1.75 bits per heavy atom. The lowest BCUT2D eigenvalue weighted by molar-refractivity contribution is 0.0955. The number of hydrogen-bond donors (Lipinski definition) is 1. The first-order chi connectivity index (χ1) is 9.45. The van der Waals surface area contributed by atoms with E-state index in [1.807, 2.05) is 12.1 Å². The number of halogens is 1. The second kappa shape index (κ2) is 6.68. The van der Waals surface area contributed by atoms with E-state index in [2.05, 4.69) is 31.0 Å². The lowest BCUT2D eigenvalue weighted by atomic mass is 9.94. The molecule has 0 unspecified atom stereocenters. The van der Waals surface area contributed by atoms with Crippen LogP contribution in [-0.2, 0) is 6.54 Å². The molecule has 0 atom stereocenters. The van der Waals surface area contributed by atoms with Crippen LogP contribution in [0.15, 0.2) is 24.3 Å². The summed E-state index contributed by atoms with van der Waals surface area (Å²) in [6.45, 7) is 11.1. The molecule has 1 aliphatic rings. The van der Waals surface area contributed by atoms with Crippen LogP contribution in [0, 0.1) is 11.7 Å². The third-order valence-electron chi connectivity index (χ3n) is 4.17. The van der Waals surface area contributed by atoms with Gasteiger partial charge in [0.25, 0.3) is 0 Å². The van der Waals surface area contributed by atoms with E-state index >= 15 is 0 Å². The molecule has 1 aromatic rings. The standard InChI is InChI=1S/C17H27FN2/c1-17(2,3)20(13-15-8-10-19-11-9-15)12-14-4-6-16(18)7-5-14/h4-7,15,19H,8-13H2,1-3H3. The molecule has 1 saturated heterocycles. The van der Waals surface area contributed by atoms with Gasteiger partial charge in [0.05, 0.1) is 0 Å². The first-order valence-corrected chi connectivity index (χ1v) is 7.65. The fourth-order valence-electron chi connectivity index (χ4n) is 2.76. The second-order valence-electron chi connectivity index (χ2n) is 6.87. The molecule has 1 N–H and O–H groups in total. The number of rotatable bonds is 4. The second-order valence-corrected chi connectivity index (χ2v) is 6.87. The summed E-state index contributed by atoms with van der Waals surface area (Å²) in [7, 11) is 0. The highest BCUT2D eigenvalue weighted by Gasteiger charge is 2.25. The number of hydrogen-bond acceptors (Lipinski definition) is 2. The van der Waals surface area contributed by atoms with Crippen LogP contribution in [-0.4, -0.2) is 30.1 Å². The average Bonchev–Trinajstić information content (AvgIpc) is 2.40. The lowest BCUT2D eigenvalue weighted by Crippen LogP contribution is -2.45. The molecule has 1 heterocycles. The van der Waals surface area contributed by atoms with Gasteiger partial charge in [-0.05, 0) is 70.3 Å². The summed E-state index contributed by atoms with van der Waals surface area (Å²) in [6.07, 6.45) is 2.52. The monoisotopic (exact) mass is 278 g/mol. The zero-order chi connectivity index (χ0) is 14.6. The Labute approximate surface area is 122 Å². The molecule has 112 valence electrons. The maximum atomic E-state index is 13.0. The smallest absolute Gasteiger partial charge is 0.123 e. The van der Waals surface area contributed by atoms with E-state index < -0.39 is 0 Å². The molecular weight excluding hydrogens is 251 g/mol. The minimum absolute atomic E-state index is 0.138. The summed E-state index contributed by atoms with van der Waals surface area (Å²) in [5.74, 6) is 0.616. The minimum Gasteiger partial charge on any atom is -0.317 e. The van der Waals surface area contributed by atoms with Crippen LogP contribution in [0.2, 0.25) is 0 Å². The average molecular weight is 278 g/mol. The van der Waals surface area contributed by atoms with Crippen molar-refractivity contribution in [1.29, 1.82) is 0 Å². The zero-order valence-electron chi connectivity index (χ0n) is 13.0. The zero-order valence-corrected chi connectivity index (χ0v) is 13.0. The van der Waals surface area contributed by atoms with Crippen LogP contribution < -0.4 is 5.32 Å². The summed E-state index contributed by atoms with van der Waals surface area (Å²) in [6, 6.07) is 6.91. The van der Waals surface area contributed by atoms with Crippen molar-refractivity contribution in [3.8, 4) is 0 Å². The van der Waals surface area contributed by atoms with Crippen LogP contribution in [0.4, 0.5) is 4.39 Å². The predicted octanol–water partition coefficient (Wildman–Crippen LogP) is 3.43. The van der Waals surface area contributed by atoms with Crippen molar-refractivity contribution in [3.63, 3.8) is 0 Å². The highest BCUT2D eigenvalue weighted by molar-refractivity contribution is 5.16. The molecule has 1 aromatic carbocycles. The van der Waals surface area contributed by atoms with Crippen LogP contribution >= 0.6 is 0 Å². The number of nitrogens with one attached hydrogen (secondary N) is 1. The van der Waals surface area contributed by atoms with Gasteiger partial charge in [0, 0.05) is 18.6 Å². The molecule has 0 aromatic heterocycles. The van der Waals surface area contributed by atoms with E-state index in [0.29, 0.717) is 0 Å². The molecule has 0 saturated carbocycles. The molecular formula is C17H27FN2. The fraction of sp³-hybridized carbons (Fsp3) is 0.647. The van der Waals surface area contributed by atoms with Gasteiger partial charge in [0.2, 0.25) is 0 Å². The van der Waals surface area contributed by atoms with Gasteiger partial charge in [-0.3, -0.25) is 4.90 Å². The predicted molar refractivity (Wildman–Crippen MR) is 82.2 cm³/mol. The van der Waals surface area contributed by atoms with E-state index in [1.165, 1.54) is 18.4 Å². The Morgan fingerprint density at radius 3 is 2.30 bits per heavy atom. The Bertz CT molecular complexity index is 402. The topological polar surface area (TPSA) is 15.3 Å². The van der Waals surface area contributed by atoms with Gasteiger partial charge in [0.15, 0.2) is 0 Å². The van der Waals surface area contributed by atoms with Crippen LogP contribution in [0.5, 0.6) is 0 Å². The fourth-order valence-corrected chi connectivity index (χ4v) is 2.76. The Morgan fingerprint density at radius 1 is 1.15 bits per heavy atom. The highest BCUT2D eigenvalue weighted by Crippen LogP contribution is 2.22. The molecule has 3 heteroatoms. The molecule has 1 fully saturated rings. The van der Waals surface area contributed by atoms with Crippen molar-refractivity contribution < 1.29 is 4.39 Å². The summed E-state index contributed by atoms with van der Waals surface area (Å²) in [5, 5.41) is 3.42. The van der Waals surface area contributed by atoms with Gasteiger partial charge in [-0.15, -0.1) is 0 Å². The van der Waals surface area contributed by atoms with Gasteiger partial charge >= 0.3 is 0 Å². The van der Waals surface area contributed by atoms with Gasteiger partial charge in [-0.1, -0.05) is 12.1 Å². The van der Waals surface area contributed by atoms with Gasteiger partial charge < -0.3 is 5.32 Å². The van der Waals surface area contributed by atoms with Crippen molar-refractivity contribution in [1.82, 2.24) is 10.2 Å². The SMILES string of the molecule is CC(C)(C)N(Cc1ccc(F)cc1)CC1CCNCC1. The number of nitrogens with zero attached hydrogens (tertiary/aromatic N) is 1. The Kier molecular flexibility index (Phi) is 5.17. The van der Waals surface area contributed by atoms with Crippen LogP contribution in [0.3, 0.4) is 0 Å². The van der Waals surface area contributed by atoms with E-state index in [-0.39, 0.29) is 11.4 Å². The molecule has 20 heavy (non-hydrogen) atoms. The van der Waals surface area contributed by atoms with E-state index in [9.17, 15) is 4.39 Å². The van der Waals surface area contributed by atoms with Crippen molar-refractivity contribution in [2.75, 3.05) is 19.6 Å². The Hall–Kier alpha value is -0.930. The molecule has 0 bridgehead atoms. The molecule has 0 aliphatic carbocycles. The van der Waals surface area contributed by atoms with E-state index in [4.69, 9.17) is 0 Å². The van der Waals surface area contributed by atoms with Gasteiger partial charge in [0.1, 0.15) is 5.82 Å². The van der Waals surface area contributed by atoms with E-state index in [1.54, 1.807) is 12.1 Å². The third kappa shape index (κ3) is 4.57. The molecule has 0 spiro atoms. The summed E-state index contributed by atoms with van der Waals surface area (Å²) >= 11 is 0. The molecule has 2 nitrogen and oxygen atoms in total. The summed E-state index contributed by atoms with van der Waals surface area (Å²) in [5.41, 5.74) is 1.33. The van der Waals surface area contributed by atoms with Crippen LogP contribution in [0.1, 0.15) is 39.2 Å². The van der Waals surface area contributed by atoms with Gasteiger partial charge in [-0.25, -0.2) is 4.39 Å². The minimum atomic E-state index is -0.158. The molecule has 2 rings (SSSR count). The normalized spacial score (nSPS) is 17.6. The summed E-state index contributed by atoms with van der Waals surface area (Å²) < 4.78 is 13.0. The van der Waals surface area contributed by atoms with Crippen molar-refractivity contribution >= 4 is 0 Å². The maximum Gasteiger partial charge on any atom is 0.123 e. The first-order valence-electron chi connectivity index (χ1n) is 7.65. The van der Waals surface area contributed by atoms with Crippen LogP contribution in [0.25, 0.3) is 0 Å². The van der Waals surface area contributed by atoms with Gasteiger partial charge in [-0.2, -0.15) is 0 Å². The number of piperidine rings is 1. The summed E-state index contributed by atoms with van der Waals surface area (Å²) in [4.78, 5) is 2.52. The lowest BCUT2D eigenvalue weighted by Gasteiger charge is -2.39. The third-order valence-corrected chi connectivity index (χ3v) is 4.17. The first kappa shape index (κ1) is 15.5. The quantitative estimate of drug-likeness (QED) is 0.908. The van der Waals surface area contributed by atoms with Crippen molar-refractivity contribution in [2.45, 2.75) is 45.7 Å². The number of benzene rings is 1. The molecule has 0 amide bonds. The maximum absolute atomic E-state index is 13.0.